The monoisotopic (exact) mass is 394 g/mol. The Hall–Kier alpha value is -1.93. The zero-order chi connectivity index (χ0) is 19.2. The van der Waals surface area contributed by atoms with Gasteiger partial charge in [-0.15, -0.1) is 11.3 Å². The zero-order valence-electron chi connectivity index (χ0n) is 15.7. The Morgan fingerprint density at radius 3 is 2.42 bits per heavy atom. The Kier molecular flexibility index (Phi) is 7.16. The molecule has 1 heterocycles. The van der Waals surface area contributed by atoms with Gasteiger partial charge in [0.15, 0.2) is 15.8 Å². The summed E-state index contributed by atoms with van der Waals surface area (Å²) in [5.74, 6) is 0.740. The van der Waals surface area contributed by atoms with Crippen molar-refractivity contribution in [1.29, 1.82) is 0 Å². The number of aliphatic imine (C=N–C) groups is 1. The second kappa shape index (κ2) is 9.14. The number of nitrogens with zero attached hydrogens (tertiary/aromatic N) is 2. The molecule has 0 aliphatic carbocycles. The van der Waals surface area contributed by atoms with E-state index in [0.29, 0.717) is 11.4 Å². The topological polar surface area (TPSA) is 83.5 Å². The summed E-state index contributed by atoms with van der Waals surface area (Å²) in [5.41, 5.74) is 2.06. The number of nitrogens with one attached hydrogen (secondary N) is 2. The normalized spacial score (nSPS) is 12.2. The van der Waals surface area contributed by atoms with E-state index >= 15 is 0 Å². The average Bonchev–Trinajstić information content (AvgIpc) is 2.90. The number of guanidine groups is 1. The van der Waals surface area contributed by atoms with E-state index in [1.807, 2.05) is 13.8 Å². The van der Waals surface area contributed by atoms with Crippen molar-refractivity contribution >= 4 is 27.1 Å². The van der Waals surface area contributed by atoms with E-state index in [-0.39, 0.29) is 0 Å². The van der Waals surface area contributed by atoms with Crippen molar-refractivity contribution in [2.24, 2.45) is 4.99 Å². The maximum atomic E-state index is 11.5. The first-order chi connectivity index (χ1) is 12.3. The molecule has 0 amide bonds. The number of aromatic nitrogens is 1. The highest BCUT2D eigenvalue weighted by Gasteiger charge is 2.06. The van der Waals surface area contributed by atoms with Gasteiger partial charge in [0.2, 0.25) is 0 Å². The molecule has 0 aliphatic rings. The smallest absolute Gasteiger partial charge is 0.191 e. The van der Waals surface area contributed by atoms with Crippen molar-refractivity contribution in [3.05, 3.63) is 45.4 Å². The molecule has 1 aromatic carbocycles. The third kappa shape index (κ3) is 6.10. The second-order valence-electron chi connectivity index (χ2n) is 6.04. The van der Waals surface area contributed by atoms with E-state index in [0.717, 1.165) is 41.7 Å². The van der Waals surface area contributed by atoms with E-state index in [4.69, 9.17) is 0 Å². The fraction of sp³-hybridized carbons (Fsp3) is 0.444. The molecule has 2 rings (SSSR count). The van der Waals surface area contributed by atoms with E-state index in [9.17, 15) is 8.42 Å². The number of thiazole rings is 1. The molecule has 0 bridgehead atoms. The largest absolute Gasteiger partial charge is 0.357 e. The number of benzene rings is 1. The van der Waals surface area contributed by atoms with Crippen molar-refractivity contribution in [1.82, 2.24) is 15.6 Å². The first kappa shape index (κ1) is 20.4. The summed E-state index contributed by atoms with van der Waals surface area (Å²) in [4.78, 5) is 10.7. The standard InChI is InChI=1S/C18H26N4O2S2/c1-5-19-18(20-11-10-17-22-13(2)14(3)25-17)21-12-15-6-8-16(9-7-15)26(4,23)24/h6-9H,5,10-12H2,1-4H3,(H2,19,20,21). The molecule has 142 valence electrons. The van der Waals surface area contributed by atoms with Gasteiger partial charge in [-0.3, -0.25) is 0 Å². The van der Waals surface area contributed by atoms with Gasteiger partial charge in [-0.1, -0.05) is 12.1 Å². The van der Waals surface area contributed by atoms with Gasteiger partial charge in [-0.2, -0.15) is 0 Å². The van der Waals surface area contributed by atoms with Crippen LogP contribution < -0.4 is 10.6 Å². The summed E-state index contributed by atoms with van der Waals surface area (Å²) in [6, 6.07) is 6.83. The summed E-state index contributed by atoms with van der Waals surface area (Å²) in [7, 11) is -3.16. The Morgan fingerprint density at radius 1 is 1.19 bits per heavy atom. The van der Waals surface area contributed by atoms with Crippen LogP contribution >= 0.6 is 11.3 Å². The molecule has 1 aromatic heterocycles. The van der Waals surface area contributed by atoms with Gasteiger partial charge in [0.1, 0.15) is 0 Å². The second-order valence-corrected chi connectivity index (χ2v) is 9.34. The van der Waals surface area contributed by atoms with Gasteiger partial charge in [-0.25, -0.2) is 18.4 Å². The van der Waals surface area contributed by atoms with E-state index < -0.39 is 9.84 Å². The average molecular weight is 395 g/mol. The fourth-order valence-electron chi connectivity index (χ4n) is 2.29. The molecule has 0 atom stereocenters. The van der Waals surface area contributed by atoms with Crippen molar-refractivity contribution in [3.63, 3.8) is 0 Å². The Morgan fingerprint density at radius 2 is 1.88 bits per heavy atom. The number of aryl methyl sites for hydroxylation is 2. The molecule has 0 unspecified atom stereocenters. The predicted molar refractivity (Wildman–Crippen MR) is 108 cm³/mol. The highest BCUT2D eigenvalue weighted by Crippen LogP contribution is 2.16. The quantitative estimate of drug-likeness (QED) is 0.557. The number of hydrogen-bond donors (Lipinski definition) is 2. The van der Waals surface area contributed by atoms with Crippen molar-refractivity contribution in [2.75, 3.05) is 19.3 Å². The molecule has 2 aromatic rings. The molecule has 8 heteroatoms. The van der Waals surface area contributed by atoms with Gasteiger partial charge in [0.25, 0.3) is 0 Å². The Labute approximate surface area is 159 Å². The summed E-state index contributed by atoms with van der Waals surface area (Å²) in [5, 5.41) is 7.66. The van der Waals surface area contributed by atoms with Crippen molar-refractivity contribution in [2.45, 2.75) is 38.6 Å². The lowest BCUT2D eigenvalue weighted by Gasteiger charge is -2.10. The van der Waals surface area contributed by atoms with Crippen LogP contribution in [0.5, 0.6) is 0 Å². The minimum atomic E-state index is -3.16. The number of sulfone groups is 1. The molecule has 26 heavy (non-hydrogen) atoms. The highest BCUT2D eigenvalue weighted by molar-refractivity contribution is 7.90. The van der Waals surface area contributed by atoms with Gasteiger partial charge < -0.3 is 10.6 Å². The molecule has 0 radical (unpaired) electrons. The maximum absolute atomic E-state index is 11.5. The fourth-order valence-corrected chi connectivity index (χ4v) is 3.85. The molecular formula is C18H26N4O2S2. The molecule has 6 nitrogen and oxygen atoms in total. The van der Waals surface area contributed by atoms with Crippen LogP contribution in [0.4, 0.5) is 0 Å². The van der Waals surface area contributed by atoms with Crippen LogP contribution in [0.2, 0.25) is 0 Å². The van der Waals surface area contributed by atoms with E-state index in [2.05, 4.69) is 27.5 Å². The molecule has 0 aliphatic heterocycles. The first-order valence-electron chi connectivity index (χ1n) is 8.53. The number of rotatable bonds is 7. The van der Waals surface area contributed by atoms with Gasteiger partial charge >= 0.3 is 0 Å². The van der Waals surface area contributed by atoms with Gasteiger partial charge in [0, 0.05) is 30.6 Å². The molecule has 2 N–H and O–H groups in total. The molecule has 0 fully saturated rings. The third-order valence-electron chi connectivity index (χ3n) is 3.82. The maximum Gasteiger partial charge on any atom is 0.191 e. The lowest BCUT2D eigenvalue weighted by Crippen LogP contribution is -2.38. The van der Waals surface area contributed by atoms with Gasteiger partial charge in [-0.05, 0) is 38.5 Å². The van der Waals surface area contributed by atoms with Crippen LogP contribution in [0.25, 0.3) is 0 Å². The highest BCUT2D eigenvalue weighted by atomic mass is 32.2. The lowest BCUT2D eigenvalue weighted by atomic mass is 10.2. The van der Waals surface area contributed by atoms with E-state index in [1.165, 1.54) is 11.1 Å². The first-order valence-corrected chi connectivity index (χ1v) is 11.2. The van der Waals surface area contributed by atoms with Crippen LogP contribution in [0, 0.1) is 13.8 Å². The van der Waals surface area contributed by atoms with Crippen LogP contribution in [0.1, 0.15) is 28.1 Å². The predicted octanol–water partition coefficient (Wildman–Crippen LogP) is 2.46. The minimum Gasteiger partial charge on any atom is -0.357 e. The van der Waals surface area contributed by atoms with Crippen molar-refractivity contribution in [3.8, 4) is 0 Å². The van der Waals surface area contributed by atoms with Crippen molar-refractivity contribution < 1.29 is 8.42 Å². The molecular weight excluding hydrogens is 368 g/mol. The Balaban J connectivity index is 1.93. The molecule has 0 saturated carbocycles. The summed E-state index contributed by atoms with van der Waals surface area (Å²) >= 11 is 1.73. The van der Waals surface area contributed by atoms with Gasteiger partial charge in [0.05, 0.1) is 22.1 Å². The van der Waals surface area contributed by atoms with Crippen LogP contribution in [0.15, 0.2) is 34.2 Å². The van der Waals surface area contributed by atoms with Crippen LogP contribution in [-0.2, 0) is 22.8 Å². The molecule has 0 saturated heterocycles. The SMILES string of the molecule is CCNC(=NCc1ccc(S(C)(=O)=O)cc1)NCCc1nc(C)c(C)s1. The Bertz CT molecular complexity index is 836. The molecule has 0 spiro atoms. The number of hydrogen-bond acceptors (Lipinski definition) is 5. The van der Waals surface area contributed by atoms with Crippen LogP contribution in [0.3, 0.4) is 0 Å². The van der Waals surface area contributed by atoms with E-state index in [1.54, 1.807) is 35.6 Å². The minimum absolute atomic E-state index is 0.323. The summed E-state index contributed by atoms with van der Waals surface area (Å²) in [6.45, 7) is 8.15. The summed E-state index contributed by atoms with van der Waals surface area (Å²) < 4.78 is 23.0. The third-order valence-corrected chi connectivity index (χ3v) is 6.08. The zero-order valence-corrected chi connectivity index (χ0v) is 17.3. The lowest BCUT2D eigenvalue weighted by molar-refractivity contribution is 0.602. The van der Waals surface area contributed by atoms with Crippen LogP contribution in [-0.4, -0.2) is 38.7 Å². The summed E-state index contributed by atoms with van der Waals surface area (Å²) in [6.07, 6.45) is 2.06.